The highest BCUT2D eigenvalue weighted by atomic mass is 35.7. The number of benzene rings is 3. The van der Waals surface area contributed by atoms with E-state index in [-0.39, 0.29) is 16.2 Å². The largest absolute Gasteiger partial charge is 0.455 e. The van der Waals surface area contributed by atoms with Crippen LogP contribution in [-0.4, -0.2) is 8.42 Å². The molecule has 0 saturated carbocycles. The molecular weight excluding hydrogens is 358 g/mol. The Bertz CT molecular complexity index is 1060. The Labute approximate surface area is 150 Å². The first-order valence-electron chi connectivity index (χ1n) is 7.30. The molecule has 0 spiro atoms. The second-order valence-corrected chi connectivity index (χ2v) is 7.74. The van der Waals surface area contributed by atoms with Gasteiger partial charge in [-0.2, -0.15) is 5.26 Å². The number of nitrogens with zero attached hydrogens (tertiary/aromatic N) is 1. The van der Waals surface area contributed by atoms with E-state index in [1.165, 1.54) is 18.2 Å². The SMILES string of the molecule is N#Cc1cc(S(=O)(=O)Cl)ccc1Oc1ccccc1-c1ccccc1. The monoisotopic (exact) mass is 369 g/mol. The maximum absolute atomic E-state index is 11.4. The van der Waals surface area contributed by atoms with E-state index < -0.39 is 9.05 Å². The van der Waals surface area contributed by atoms with E-state index in [4.69, 9.17) is 15.4 Å². The number of ether oxygens (including phenoxy) is 1. The van der Waals surface area contributed by atoms with Crippen LogP contribution in [0, 0.1) is 11.3 Å². The van der Waals surface area contributed by atoms with Crippen LogP contribution < -0.4 is 4.74 Å². The van der Waals surface area contributed by atoms with Gasteiger partial charge in [0.15, 0.2) is 0 Å². The third-order valence-electron chi connectivity index (χ3n) is 3.54. The Balaban J connectivity index is 2.04. The zero-order valence-corrected chi connectivity index (χ0v) is 14.5. The lowest BCUT2D eigenvalue weighted by atomic mass is 10.0. The fraction of sp³-hybridized carbons (Fsp3) is 0. The number of halogens is 1. The standard InChI is InChI=1S/C19H12ClNO3S/c20-25(22,23)16-10-11-18(15(12-16)13-21)24-19-9-5-4-8-17(19)14-6-2-1-3-7-14/h1-12H. The molecule has 3 rings (SSSR count). The van der Waals surface area contributed by atoms with Crippen LogP contribution in [0.2, 0.25) is 0 Å². The molecule has 0 aliphatic carbocycles. The Morgan fingerprint density at radius 3 is 2.24 bits per heavy atom. The molecule has 25 heavy (non-hydrogen) atoms. The first-order valence-corrected chi connectivity index (χ1v) is 9.61. The van der Waals surface area contributed by atoms with Crippen LogP contribution in [0.4, 0.5) is 0 Å². The van der Waals surface area contributed by atoms with Gasteiger partial charge in [-0.25, -0.2) is 8.42 Å². The molecule has 0 aliphatic rings. The van der Waals surface area contributed by atoms with Gasteiger partial charge in [0.2, 0.25) is 0 Å². The summed E-state index contributed by atoms with van der Waals surface area (Å²) in [6, 6.07) is 23.0. The van der Waals surface area contributed by atoms with Gasteiger partial charge in [-0.05, 0) is 29.8 Å². The minimum Gasteiger partial charge on any atom is -0.455 e. The second kappa shape index (κ2) is 6.98. The van der Waals surface area contributed by atoms with E-state index >= 15 is 0 Å². The fourth-order valence-electron chi connectivity index (χ4n) is 2.37. The van der Waals surface area contributed by atoms with E-state index in [1.807, 2.05) is 54.6 Å². The molecule has 0 saturated heterocycles. The van der Waals surface area contributed by atoms with Crippen LogP contribution in [-0.2, 0) is 9.05 Å². The molecule has 0 heterocycles. The van der Waals surface area contributed by atoms with Crippen molar-refractivity contribution in [3.05, 3.63) is 78.4 Å². The van der Waals surface area contributed by atoms with Crippen LogP contribution in [0.1, 0.15) is 5.56 Å². The molecule has 124 valence electrons. The predicted octanol–water partition coefficient (Wildman–Crippen LogP) is 4.95. The van der Waals surface area contributed by atoms with Crippen molar-refractivity contribution in [2.75, 3.05) is 0 Å². The number of rotatable bonds is 4. The van der Waals surface area contributed by atoms with Crippen molar-refractivity contribution in [3.8, 4) is 28.7 Å². The molecule has 0 N–H and O–H groups in total. The molecule has 3 aromatic carbocycles. The average molecular weight is 370 g/mol. The highest BCUT2D eigenvalue weighted by molar-refractivity contribution is 8.13. The van der Waals surface area contributed by atoms with Crippen molar-refractivity contribution >= 4 is 19.7 Å². The van der Waals surface area contributed by atoms with Crippen molar-refractivity contribution in [1.29, 1.82) is 5.26 Å². The Morgan fingerprint density at radius 1 is 0.880 bits per heavy atom. The van der Waals surface area contributed by atoms with E-state index in [9.17, 15) is 13.7 Å². The van der Waals surface area contributed by atoms with E-state index in [1.54, 1.807) is 6.07 Å². The normalized spacial score (nSPS) is 10.9. The summed E-state index contributed by atoms with van der Waals surface area (Å²) in [6.07, 6.45) is 0. The summed E-state index contributed by atoms with van der Waals surface area (Å²) < 4.78 is 28.7. The van der Waals surface area contributed by atoms with Crippen molar-refractivity contribution in [1.82, 2.24) is 0 Å². The van der Waals surface area contributed by atoms with Crippen molar-refractivity contribution in [2.45, 2.75) is 4.90 Å². The van der Waals surface area contributed by atoms with Crippen molar-refractivity contribution in [3.63, 3.8) is 0 Å². The van der Waals surface area contributed by atoms with Crippen molar-refractivity contribution < 1.29 is 13.2 Å². The van der Waals surface area contributed by atoms with Gasteiger partial charge in [0.05, 0.1) is 10.5 Å². The molecular formula is C19H12ClNO3S. The molecule has 6 heteroatoms. The van der Waals surface area contributed by atoms with Gasteiger partial charge in [-0.15, -0.1) is 0 Å². The zero-order valence-electron chi connectivity index (χ0n) is 12.9. The maximum atomic E-state index is 11.4. The van der Waals surface area contributed by atoms with Gasteiger partial charge in [-0.3, -0.25) is 0 Å². The third-order valence-corrected chi connectivity index (χ3v) is 4.90. The number of hydrogen-bond donors (Lipinski definition) is 0. The van der Waals surface area contributed by atoms with Crippen LogP contribution in [0.25, 0.3) is 11.1 Å². The summed E-state index contributed by atoms with van der Waals surface area (Å²) in [5, 5.41) is 9.31. The van der Waals surface area contributed by atoms with Gasteiger partial charge >= 0.3 is 0 Å². The van der Waals surface area contributed by atoms with Gasteiger partial charge in [0.25, 0.3) is 9.05 Å². The summed E-state index contributed by atoms with van der Waals surface area (Å²) in [6.45, 7) is 0. The minimum atomic E-state index is -3.91. The van der Waals surface area contributed by atoms with Crippen LogP contribution in [0.15, 0.2) is 77.7 Å². The molecule has 0 aromatic heterocycles. The average Bonchev–Trinajstić information content (AvgIpc) is 2.62. The van der Waals surface area contributed by atoms with Gasteiger partial charge in [-0.1, -0.05) is 48.5 Å². The summed E-state index contributed by atoms with van der Waals surface area (Å²) in [4.78, 5) is -0.144. The highest BCUT2D eigenvalue weighted by Crippen LogP contribution is 2.35. The van der Waals surface area contributed by atoms with Crippen LogP contribution in [0.5, 0.6) is 11.5 Å². The van der Waals surface area contributed by atoms with E-state index in [2.05, 4.69) is 0 Å². The molecule has 0 aliphatic heterocycles. The third kappa shape index (κ3) is 3.82. The fourth-order valence-corrected chi connectivity index (χ4v) is 3.14. The lowest BCUT2D eigenvalue weighted by Gasteiger charge is -2.12. The first kappa shape index (κ1) is 17.0. The lowest BCUT2D eigenvalue weighted by molar-refractivity contribution is 0.482. The molecule has 4 nitrogen and oxygen atoms in total. The summed E-state index contributed by atoms with van der Waals surface area (Å²) in [7, 11) is 1.42. The minimum absolute atomic E-state index is 0.0876. The Morgan fingerprint density at radius 2 is 1.56 bits per heavy atom. The molecule has 0 unspecified atom stereocenters. The quantitative estimate of drug-likeness (QED) is 0.610. The van der Waals surface area contributed by atoms with E-state index in [0.29, 0.717) is 5.75 Å². The van der Waals surface area contributed by atoms with Crippen molar-refractivity contribution in [2.24, 2.45) is 0 Å². The van der Waals surface area contributed by atoms with Crippen LogP contribution in [0.3, 0.4) is 0 Å². The Hall–Kier alpha value is -2.81. The highest BCUT2D eigenvalue weighted by Gasteiger charge is 2.15. The summed E-state index contributed by atoms with van der Waals surface area (Å²) in [5.41, 5.74) is 1.92. The van der Waals surface area contributed by atoms with Gasteiger partial charge < -0.3 is 4.74 Å². The molecule has 0 amide bonds. The number of para-hydroxylation sites is 1. The number of hydrogen-bond acceptors (Lipinski definition) is 4. The first-order chi connectivity index (χ1) is 12.0. The predicted molar refractivity (Wildman–Crippen MR) is 96.1 cm³/mol. The molecule has 3 aromatic rings. The maximum Gasteiger partial charge on any atom is 0.261 e. The Kier molecular flexibility index (Phi) is 4.75. The molecule has 0 fully saturated rings. The summed E-state index contributed by atoms with van der Waals surface area (Å²) >= 11 is 0. The zero-order chi connectivity index (χ0) is 17.9. The molecule has 0 bridgehead atoms. The summed E-state index contributed by atoms with van der Waals surface area (Å²) in [5.74, 6) is 0.821. The van der Waals surface area contributed by atoms with Crippen LogP contribution >= 0.6 is 10.7 Å². The van der Waals surface area contributed by atoms with Gasteiger partial charge in [0.1, 0.15) is 17.6 Å². The topological polar surface area (TPSA) is 67.2 Å². The van der Waals surface area contributed by atoms with Gasteiger partial charge in [0, 0.05) is 16.2 Å². The number of nitriles is 1. The molecule has 0 radical (unpaired) electrons. The lowest BCUT2D eigenvalue weighted by Crippen LogP contribution is -1.95. The molecule has 0 atom stereocenters. The van der Waals surface area contributed by atoms with E-state index in [0.717, 1.165) is 11.1 Å². The smallest absolute Gasteiger partial charge is 0.261 e. The second-order valence-electron chi connectivity index (χ2n) is 5.17.